The number of carboxylic acid groups (broad SMARTS) is 1. The van der Waals surface area contributed by atoms with Crippen LogP contribution in [0, 0.1) is 5.92 Å². The fourth-order valence-electron chi connectivity index (χ4n) is 1.96. The van der Waals surface area contributed by atoms with Crippen LogP contribution in [-0.4, -0.2) is 55.7 Å². The quantitative estimate of drug-likeness (QED) is 0.585. The molecule has 0 saturated heterocycles. The molecule has 0 heterocycles. The molecule has 2 N–H and O–H groups in total. The lowest BCUT2D eigenvalue weighted by atomic mass is 10.2. The lowest BCUT2D eigenvalue weighted by molar-refractivity contribution is -0.140. The van der Waals surface area contributed by atoms with E-state index in [0.717, 1.165) is 12.8 Å². The lowest BCUT2D eigenvalue weighted by Crippen LogP contribution is -2.40. The number of hydrogen-bond acceptors (Lipinski definition) is 4. The fourth-order valence-corrected chi connectivity index (χ4v) is 2.89. The molecule has 6 nitrogen and oxygen atoms in total. The second-order valence-corrected chi connectivity index (χ2v) is 6.70. The monoisotopic (exact) mass is 278 g/mol. The molecule has 1 unspecified atom stereocenters. The van der Waals surface area contributed by atoms with Crippen molar-refractivity contribution < 1.29 is 18.3 Å². The van der Waals surface area contributed by atoms with Crippen LogP contribution in [0.15, 0.2) is 0 Å². The zero-order valence-electron chi connectivity index (χ0n) is 10.9. The average molecular weight is 278 g/mol. The van der Waals surface area contributed by atoms with Crippen LogP contribution in [0.1, 0.15) is 26.2 Å². The minimum atomic E-state index is -3.15. The number of carboxylic acids is 1. The molecule has 0 spiro atoms. The van der Waals surface area contributed by atoms with Gasteiger partial charge in [-0.1, -0.05) is 6.92 Å². The molecule has 0 bridgehead atoms. The Bertz CT molecular complexity index is 379. The van der Waals surface area contributed by atoms with Crippen LogP contribution in [0.2, 0.25) is 0 Å². The molecule has 0 aliphatic heterocycles. The van der Waals surface area contributed by atoms with E-state index in [1.165, 1.54) is 10.6 Å². The van der Waals surface area contributed by atoms with E-state index in [2.05, 4.69) is 5.32 Å². The number of hydrogen-bond donors (Lipinski definition) is 2. The maximum Gasteiger partial charge on any atom is 0.320 e. The SMILES string of the molecule is CCN(CCCNC(C(=O)O)C1CC1)S(C)(=O)=O. The molecule has 0 aromatic heterocycles. The lowest BCUT2D eigenvalue weighted by Gasteiger charge is -2.19. The van der Waals surface area contributed by atoms with E-state index in [4.69, 9.17) is 5.11 Å². The van der Waals surface area contributed by atoms with Crippen LogP contribution in [-0.2, 0) is 14.8 Å². The predicted molar refractivity (Wildman–Crippen MR) is 68.9 cm³/mol. The number of nitrogens with one attached hydrogen (secondary N) is 1. The summed E-state index contributed by atoms with van der Waals surface area (Å²) in [5.41, 5.74) is 0. The number of nitrogens with zero attached hydrogens (tertiary/aromatic N) is 1. The Morgan fingerprint density at radius 3 is 2.50 bits per heavy atom. The largest absolute Gasteiger partial charge is 0.480 e. The minimum Gasteiger partial charge on any atom is -0.480 e. The molecule has 1 rings (SSSR count). The van der Waals surface area contributed by atoms with Gasteiger partial charge >= 0.3 is 5.97 Å². The van der Waals surface area contributed by atoms with Crippen molar-refractivity contribution >= 4 is 16.0 Å². The molecule has 7 heteroatoms. The molecule has 1 atom stereocenters. The van der Waals surface area contributed by atoms with Gasteiger partial charge in [0, 0.05) is 13.1 Å². The molecular weight excluding hydrogens is 256 g/mol. The number of carbonyl (C=O) groups is 1. The van der Waals surface area contributed by atoms with Gasteiger partial charge < -0.3 is 10.4 Å². The third kappa shape index (κ3) is 4.91. The first-order chi connectivity index (χ1) is 8.36. The molecular formula is C11H22N2O4S. The second-order valence-electron chi connectivity index (χ2n) is 4.72. The van der Waals surface area contributed by atoms with E-state index in [-0.39, 0.29) is 5.92 Å². The smallest absolute Gasteiger partial charge is 0.320 e. The fraction of sp³-hybridized carbons (Fsp3) is 0.909. The molecule has 1 saturated carbocycles. The number of rotatable bonds is 9. The van der Waals surface area contributed by atoms with E-state index in [1.54, 1.807) is 6.92 Å². The van der Waals surface area contributed by atoms with Crippen LogP contribution in [0.25, 0.3) is 0 Å². The highest BCUT2D eigenvalue weighted by Gasteiger charge is 2.35. The number of aliphatic carboxylic acids is 1. The Hall–Kier alpha value is -0.660. The third-order valence-corrected chi connectivity index (χ3v) is 4.51. The average Bonchev–Trinajstić information content (AvgIpc) is 3.04. The molecule has 1 aliphatic carbocycles. The summed E-state index contributed by atoms with van der Waals surface area (Å²) in [4.78, 5) is 11.0. The summed E-state index contributed by atoms with van der Waals surface area (Å²) in [6, 6.07) is -0.474. The Kier molecular flexibility index (Phi) is 5.55. The highest BCUT2D eigenvalue weighted by molar-refractivity contribution is 7.88. The Morgan fingerprint density at radius 2 is 2.11 bits per heavy atom. The summed E-state index contributed by atoms with van der Waals surface area (Å²) in [5, 5.41) is 12.0. The van der Waals surface area contributed by atoms with Gasteiger partial charge in [0.15, 0.2) is 0 Å². The minimum absolute atomic E-state index is 0.250. The van der Waals surface area contributed by atoms with Crippen molar-refractivity contribution in [3.05, 3.63) is 0 Å². The van der Waals surface area contributed by atoms with Crippen LogP contribution >= 0.6 is 0 Å². The van der Waals surface area contributed by atoms with Crippen molar-refractivity contribution in [2.75, 3.05) is 25.9 Å². The van der Waals surface area contributed by atoms with Gasteiger partial charge in [-0.2, -0.15) is 0 Å². The Balaban J connectivity index is 2.27. The van der Waals surface area contributed by atoms with Crippen molar-refractivity contribution in [3.63, 3.8) is 0 Å². The number of sulfonamides is 1. The van der Waals surface area contributed by atoms with Crippen molar-refractivity contribution in [1.29, 1.82) is 0 Å². The molecule has 0 radical (unpaired) electrons. The van der Waals surface area contributed by atoms with Crippen molar-refractivity contribution in [1.82, 2.24) is 9.62 Å². The van der Waals surface area contributed by atoms with Crippen molar-refractivity contribution in [2.45, 2.75) is 32.2 Å². The zero-order valence-corrected chi connectivity index (χ0v) is 11.7. The maximum absolute atomic E-state index is 11.3. The van der Waals surface area contributed by atoms with Gasteiger partial charge in [0.25, 0.3) is 0 Å². The molecule has 0 aromatic rings. The van der Waals surface area contributed by atoms with Crippen molar-refractivity contribution in [2.24, 2.45) is 5.92 Å². The van der Waals surface area contributed by atoms with Gasteiger partial charge in [0.1, 0.15) is 6.04 Å². The summed E-state index contributed by atoms with van der Waals surface area (Å²) in [7, 11) is -3.15. The standard InChI is InChI=1S/C11H22N2O4S/c1-3-13(18(2,16)17)8-4-7-12-10(11(14)15)9-5-6-9/h9-10,12H,3-8H2,1-2H3,(H,14,15). The van der Waals surface area contributed by atoms with Crippen molar-refractivity contribution in [3.8, 4) is 0 Å². The zero-order chi connectivity index (χ0) is 13.8. The Morgan fingerprint density at radius 1 is 1.50 bits per heavy atom. The first-order valence-corrected chi connectivity index (χ1v) is 8.12. The van der Waals surface area contributed by atoms with E-state index >= 15 is 0 Å². The summed E-state index contributed by atoms with van der Waals surface area (Å²) < 4.78 is 24.0. The topological polar surface area (TPSA) is 86.7 Å². The van der Waals surface area contributed by atoms with Gasteiger partial charge in [-0.3, -0.25) is 4.79 Å². The second kappa shape index (κ2) is 6.49. The van der Waals surface area contributed by atoms with Gasteiger partial charge in [-0.05, 0) is 31.7 Å². The molecule has 0 aromatic carbocycles. The van der Waals surface area contributed by atoms with Gasteiger partial charge in [0.2, 0.25) is 10.0 Å². The van der Waals surface area contributed by atoms with E-state index in [0.29, 0.717) is 26.1 Å². The summed E-state index contributed by atoms with van der Waals surface area (Å²) in [5.74, 6) is -0.562. The van der Waals surface area contributed by atoms with Crippen LogP contribution in [0.4, 0.5) is 0 Å². The van der Waals surface area contributed by atoms with E-state index in [1.807, 2.05) is 0 Å². The van der Waals surface area contributed by atoms with Crippen LogP contribution in [0.3, 0.4) is 0 Å². The highest BCUT2D eigenvalue weighted by Crippen LogP contribution is 2.32. The predicted octanol–water partition coefficient (Wildman–Crippen LogP) is 0.111. The maximum atomic E-state index is 11.3. The van der Waals surface area contributed by atoms with E-state index in [9.17, 15) is 13.2 Å². The highest BCUT2D eigenvalue weighted by atomic mass is 32.2. The summed E-state index contributed by atoms with van der Waals surface area (Å²) in [6.45, 7) is 3.20. The molecule has 0 amide bonds. The van der Waals surface area contributed by atoms with Gasteiger partial charge in [-0.25, -0.2) is 12.7 Å². The normalized spacial score (nSPS) is 17.9. The van der Waals surface area contributed by atoms with E-state index < -0.39 is 22.0 Å². The van der Waals surface area contributed by atoms with Crippen LogP contribution in [0.5, 0.6) is 0 Å². The van der Waals surface area contributed by atoms with Crippen LogP contribution < -0.4 is 5.32 Å². The molecule has 106 valence electrons. The van der Waals surface area contributed by atoms with Gasteiger partial charge in [-0.15, -0.1) is 0 Å². The Labute approximate surface area is 108 Å². The molecule has 1 fully saturated rings. The summed E-state index contributed by atoms with van der Waals surface area (Å²) >= 11 is 0. The third-order valence-electron chi connectivity index (χ3n) is 3.13. The first-order valence-electron chi connectivity index (χ1n) is 6.27. The first kappa shape index (κ1) is 15.4. The molecule has 18 heavy (non-hydrogen) atoms. The molecule has 1 aliphatic rings. The summed E-state index contributed by atoms with van der Waals surface area (Å²) in [6.07, 6.45) is 3.74. The van der Waals surface area contributed by atoms with Gasteiger partial charge in [0.05, 0.1) is 6.26 Å².